The van der Waals surface area contributed by atoms with Crippen molar-refractivity contribution in [2.24, 2.45) is 0 Å². The molecule has 2 aliphatic heterocycles. The van der Waals surface area contributed by atoms with Gasteiger partial charge in [0.15, 0.2) is 0 Å². The van der Waals surface area contributed by atoms with Gasteiger partial charge in [-0.15, -0.1) is 0 Å². The molecule has 6 heteroatoms. The van der Waals surface area contributed by atoms with Gasteiger partial charge < -0.3 is 15.2 Å². The second-order valence-electron chi connectivity index (χ2n) is 7.57. The zero-order valence-corrected chi connectivity index (χ0v) is 14.9. The highest BCUT2D eigenvalue weighted by atomic mass is 15.2. The Bertz CT molecular complexity index is 892. The van der Waals surface area contributed by atoms with Crippen LogP contribution in [0, 0.1) is 0 Å². The Balaban J connectivity index is 1.57. The summed E-state index contributed by atoms with van der Waals surface area (Å²) in [6, 6.07) is 2.16. The van der Waals surface area contributed by atoms with Gasteiger partial charge in [-0.05, 0) is 38.3 Å². The zero-order valence-electron chi connectivity index (χ0n) is 14.9. The van der Waals surface area contributed by atoms with Crippen LogP contribution in [-0.2, 0) is 0 Å². The maximum atomic E-state index is 4.55. The maximum Gasteiger partial charge on any atom is 0.139 e. The molecule has 134 valence electrons. The Kier molecular flexibility index (Phi) is 3.85. The lowest BCUT2D eigenvalue weighted by Gasteiger charge is -2.47. The van der Waals surface area contributed by atoms with E-state index in [2.05, 4.69) is 36.2 Å². The van der Waals surface area contributed by atoms with Crippen molar-refractivity contribution >= 4 is 16.7 Å². The summed E-state index contributed by atoms with van der Waals surface area (Å²) in [6.45, 7) is 3.32. The molecule has 6 nitrogen and oxygen atoms in total. The van der Waals surface area contributed by atoms with Gasteiger partial charge >= 0.3 is 0 Å². The van der Waals surface area contributed by atoms with Crippen molar-refractivity contribution in [1.82, 2.24) is 25.3 Å². The molecule has 26 heavy (non-hydrogen) atoms. The van der Waals surface area contributed by atoms with Gasteiger partial charge in [0.05, 0.1) is 5.39 Å². The SMILES string of the molecule is c1ncc(-c2c[nH]c3nccc(N4CCC[C@@]5(CCCCN5)C4)c23)cn1. The average Bonchev–Trinajstić information content (AvgIpc) is 3.14. The molecule has 5 rings (SSSR count). The molecule has 2 aliphatic rings. The van der Waals surface area contributed by atoms with Crippen LogP contribution in [0.5, 0.6) is 0 Å². The molecule has 0 unspecified atom stereocenters. The smallest absolute Gasteiger partial charge is 0.139 e. The second kappa shape index (κ2) is 6.36. The van der Waals surface area contributed by atoms with Crippen LogP contribution in [0.3, 0.4) is 0 Å². The lowest BCUT2D eigenvalue weighted by atomic mass is 9.81. The molecule has 3 aromatic rings. The normalized spacial score (nSPS) is 23.6. The Hall–Kier alpha value is -2.47. The van der Waals surface area contributed by atoms with Crippen LogP contribution in [0.4, 0.5) is 5.69 Å². The second-order valence-corrected chi connectivity index (χ2v) is 7.57. The van der Waals surface area contributed by atoms with E-state index in [1.807, 2.05) is 24.8 Å². The number of rotatable bonds is 2. The Morgan fingerprint density at radius 3 is 2.81 bits per heavy atom. The number of nitrogens with one attached hydrogen (secondary N) is 2. The third-order valence-electron chi connectivity index (χ3n) is 5.92. The molecular formula is C20H24N6. The monoisotopic (exact) mass is 348 g/mol. The van der Waals surface area contributed by atoms with E-state index in [1.165, 1.54) is 43.2 Å². The molecule has 2 saturated heterocycles. The highest BCUT2D eigenvalue weighted by molar-refractivity contribution is 6.02. The third kappa shape index (κ3) is 2.65. The number of piperidine rings is 2. The summed E-state index contributed by atoms with van der Waals surface area (Å²) in [5.74, 6) is 0. The summed E-state index contributed by atoms with van der Waals surface area (Å²) in [4.78, 5) is 18.8. The largest absolute Gasteiger partial charge is 0.369 e. The minimum atomic E-state index is 0.276. The number of H-pyrrole nitrogens is 1. The summed E-state index contributed by atoms with van der Waals surface area (Å²) in [6.07, 6.45) is 15.7. The third-order valence-corrected chi connectivity index (χ3v) is 5.92. The molecule has 5 heterocycles. The van der Waals surface area contributed by atoms with Gasteiger partial charge in [-0.2, -0.15) is 0 Å². The number of fused-ring (bicyclic) bond motifs is 1. The fourth-order valence-electron chi connectivity index (χ4n) is 4.68. The van der Waals surface area contributed by atoms with Crippen LogP contribution in [0.25, 0.3) is 22.2 Å². The first kappa shape index (κ1) is 15.8. The number of aromatic amines is 1. The van der Waals surface area contributed by atoms with E-state index in [0.717, 1.165) is 36.4 Å². The average molecular weight is 348 g/mol. The molecule has 2 fully saturated rings. The van der Waals surface area contributed by atoms with Gasteiger partial charge in [0.25, 0.3) is 0 Å². The molecule has 3 aromatic heterocycles. The number of aromatic nitrogens is 4. The van der Waals surface area contributed by atoms with E-state index in [9.17, 15) is 0 Å². The van der Waals surface area contributed by atoms with E-state index >= 15 is 0 Å². The van der Waals surface area contributed by atoms with Gasteiger partial charge in [0.2, 0.25) is 0 Å². The van der Waals surface area contributed by atoms with Gasteiger partial charge in [0, 0.05) is 60.2 Å². The molecular weight excluding hydrogens is 324 g/mol. The first-order valence-corrected chi connectivity index (χ1v) is 9.56. The van der Waals surface area contributed by atoms with Crippen LogP contribution in [-0.4, -0.2) is 45.1 Å². The number of hydrogen-bond donors (Lipinski definition) is 2. The zero-order chi connectivity index (χ0) is 17.4. The molecule has 0 aliphatic carbocycles. The van der Waals surface area contributed by atoms with Gasteiger partial charge in [-0.3, -0.25) is 0 Å². The highest BCUT2D eigenvalue weighted by Gasteiger charge is 2.36. The van der Waals surface area contributed by atoms with Crippen LogP contribution < -0.4 is 10.2 Å². The van der Waals surface area contributed by atoms with Crippen LogP contribution >= 0.6 is 0 Å². The molecule has 0 aromatic carbocycles. The summed E-state index contributed by atoms with van der Waals surface area (Å²) in [5, 5.41) is 5.01. The number of nitrogens with zero attached hydrogens (tertiary/aromatic N) is 4. The molecule has 2 N–H and O–H groups in total. The predicted octanol–water partition coefficient (Wildman–Crippen LogP) is 3.13. The van der Waals surface area contributed by atoms with Crippen molar-refractivity contribution in [3.63, 3.8) is 0 Å². The highest BCUT2D eigenvalue weighted by Crippen LogP contribution is 2.38. The Morgan fingerprint density at radius 1 is 1.08 bits per heavy atom. The Morgan fingerprint density at radius 2 is 1.96 bits per heavy atom. The minimum absolute atomic E-state index is 0.276. The van der Waals surface area contributed by atoms with Crippen molar-refractivity contribution in [3.8, 4) is 11.1 Å². The molecule has 0 amide bonds. The number of anilines is 1. The fourth-order valence-corrected chi connectivity index (χ4v) is 4.68. The maximum absolute atomic E-state index is 4.55. The van der Waals surface area contributed by atoms with Crippen LogP contribution in [0.1, 0.15) is 32.1 Å². The lowest BCUT2D eigenvalue weighted by Crippen LogP contribution is -2.59. The van der Waals surface area contributed by atoms with Crippen molar-refractivity contribution in [1.29, 1.82) is 0 Å². The minimum Gasteiger partial charge on any atom is -0.369 e. The van der Waals surface area contributed by atoms with Gasteiger partial charge in [-0.1, -0.05) is 6.42 Å². The fraction of sp³-hybridized carbons (Fsp3) is 0.450. The Labute approximate surface area is 153 Å². The molecule has 0 saturated carbocycles. The first-order valence-electron chi connectivity index (χ1n) is 9.56. The topological polar surface area (TPSA) is 69.7 Å². The first-order chi connectivity index (χ1) is 12.8. The molecule has 1 spiro atoms. The van der Waals surface area contributed by atoms with Crippen molar-refractivity contribution in [3.05, 3.63) is 37.2 Å². The van der Waals surface area contributed by atoms with Crippen molar-refractivity contribution in [2.75, 3.05) is 24.5 Å². The van der Waals surface area contributed by atoms with Crippen molar-refractivity contribution < 1.29 is 0 Å². The molecule has 0 bridgehead atoms. The lowest BCUT2D eigenvalue weighted by molar-refractivity contribution is 0.216. The van der Waals surface area contributed by atoms with E-state index in [4.69, 9.17) is 0 Å². The van der Waals surface area contributed by atoms with Crippen LogP contribution in [0.15, 0.2) is 37.2 Å². The predicted molar refractivity (Wildman–Crippen MR) is 103 cm³/mol. The quantitative estimate of drug-likeness (QED) is 0.745. The van der Waals surface area contributed by atoms with E-state index in [0.29, 0.717) is 0 Å². The summed E-state index contributed by atoms with van der Waals surface area (Å²) in [5.41, 5.74) is 4.62. The summed E-state index contributed by atoms with van der Waals surface area (Å²) < 4.78 is 0. The standard InChI is InChI=1S/C20H24N6/c1-2-7-25-20(5-1)6-3-9-26(13-20)17-4-8-23-19-18(17)16(12-24-19)15-10-21-14-22-11-15/h4,8,10-12,14,25H,1-3,5-7,9,13H2,(H,23,24)/t20-/m0/s1. The van der Waals surface area contributed by atoms with Gasteiger partial charge in [0.1, 0.15) is 12.0 Å². The van der Waals surface area contributed by atoms with Gasteiger partial charge in [-0.25, -0.2) is 15.0 Å². The van der Waals surface area contributed by atoms with E-state index in [1.54, 1.807) is 6.33 Å². The summed E-state index contributed by atoms with van der Waals surface area (Å²) in [7, 11) is 0. The summed E-state index contributed by atoms with van der Waals surface area (Å²) >= 11 is 0. The number of hydrogen-bond acceptors (Lipinski definition) is 5. The molecule has 1 atom stereocenters. The van der Waals surface area contributed by atoms with E-state index < -0.39 is 0 Å². The number of pyridine rings is 1. The van der Waals surface area contributed by atoms with E-state index in [-0.39, 0.29) is 5.54 Å². The van der Waals surface area contributed by atoms with Crippen LogP contribution in [0.2, 0.25) is 0 Å². The molecule has 0 radical (unpaired) electrons. The van der Waals surface area contributed by atoms with Crippen molar-refractivity contribution in [2.45, 2.75) is 37.6 Å².